The first-order valence-electron chi connectivity index (χ1n) is 7.57. The first-order chi connectivity index (χ1) is 10.2. The Morgan fingerprint density at radius 3 is 2.68 bits per heavy atom. The largest absolute Gasteiger partial charge is 0.497 e. The average molecular weight is 326 g/mol. The number of nitrogens with zero attached hydrogens (tertiary/aromatic N) is 1. The molecule has 1 amide bonds. The fourth-order valence-electron chi connectivity index (χ4n) is 3.61. The predicted molar refractivity (Wildman–Crippen MR) is 89.5 cm³/mol. The Hall–Kier alpha value is -1.30. The van der Waals surface area contributed by atoms with Gasteiger partial charge in [-0.2, -0.15) is 0 Å². The minimum atomic E-state index is 0. The van der Waals surface area contributed by atoms with E-state index in [-0.39, 0.29) is 18.3 Å². The smallest absolute Gasteiger partial charge is 0.238 e. The lowest BCUT2D eigenvalue weighted by atomic mass is 9.98. The Bertz CT molecular complexity index is 509. The Morgan fingerprint density at radius 2 is 2.05 bits per heavy atom. The van der Waals surface area contributed by atoms with Crippen LogP contribution in [0.1, 0.15) is 12.8 Å². The van der Waals surface area contributed by atoms with Crippen LogP contribution in [0.25, 0.3) is 0 Å². The summed E-state index contributed by atoms with van der Waals surface area (Å²) in [5.41, 5.74) is 6.93. The van der Waals surface area contributed by atoms with Crippen LogP contribution in [0.5, 0.6) is 5.75 Å². The van der Waals surface area contributed by atoms with Crippen molar-refractivity contribution >= 4 is 24.0 Å². The van der Waals surface area contributed by atoms with Crippen LogP contribution in [0.3, 0.4) is 0 Å². The molecular weight excluding hydrogens is 302 g/mol. The van der Waals surface area contributed by atoms with Crippen LogP contribution >= 0.6 is 12.4 Å². The lowest BCUT2D eigenvalue weighted by Gasteiger charge is -2.17. The highest BCUT2D eigenvalue weighted by Gasteiger charge is 2.41. The van der Waals surface area contributed by atoms with E-state index in [4.69, 9.17) is 10.5 Å². The molecule has 1 saturated carbocycles. The molecule has 122 valence electrons. The lowest BCUT2D eigenvalue weighted by molar-refractivity contribution is -0.117. The molecule has 0 spiro atoms. The van der Waals surface area contributed by atoms with Gasteiger partial charge in [0, 0.05) is 24.8 Å². The third kappa shape index (κ3) is 3.72. The van der Waals surface area contributed by atoms with Crippen molar-refractivity contribution in [2.45, 2.75) is 18.9 Å². The fraction of sp³-hybridized carbons (Fsp3) is 0.562. The summed E-state index contributed by atoms with van der Waals surface area (Å²) in [6, 6.07) is 7.71. The first kappa shape index (κ1) is 17.1. The van der Waals surface area contributed by atoms with Crippen LogP contribution in [0.15, 0.2) is 24.3 Å². The van der Waals surface area contributed by atoms with Gasteiger partial charge < -0.3 is 15.8 Å². The van der Waals surface area contributed by atoms with Gasteiger partial charge in [-0.05, 0) is 48.9 Å². The number of halogens is 1. The molecule has 3 N–H and O–H groups in total. The molecule has 0 radical (unpaired) electrons. The summed E-state index contributed by atoms with van der Waals surface area (Å²) in [6.07, 6.45) is 2.35. The van der Waals surface area contributed by atoms with Crippen molar-refractivity contribution in [3.63, 3.8) is 0 Å². The fourth-order valence-corrected chi connectivity index (χ4v) is 3.61. The molecule has 1 aromatic carbocycles. The zero-order chi connectivity index (χ0) is 14.8. The van der Waals surface area contributed by atoms with Crippen LogP contribution in [0.4, 0.5) is 5.69 Å². The van der Waals surface area contributed by atoms with Gasteiger partial charge in [0.1, 0.15) is 5.75 Å². The third-order valence-electron chi connectivity index (χ3n) is 4.73. The summed E-state index contributed by atoms with van der Waals surface area (Å²) in [5.74, 6) is 2.09. The van der Waals surface area contributed by atoms with E-state index >= 15 is 0 Å². The monoisotopic (exact) mass is 325 g/mol. The maximum atomic E-state index is 12.1. The molecule has 1 heterocycles. The van der Waals surface area contributed by atoms with E-state index in [9.17, 15) is 4.79 Å². The number of amides is 1. The molecule has 3 rings (SSSR count). The van der Waals surface area contributed by atoms with Crippen molar-refractivity contribution in [2.24, 2.45) is 17.6 Å². The van der Waals surface area contributed by atoms with Gasteiger partial charge in [-0.3, -0.25) is 9.69 Å². The molecule has 5 nitrogen and oxygen atoms in total. The molecule has 3 atom stereocenters. The normalized spacial score (nSPS) is 27.1. The zero-order valence-corrected chi connectivity index (χ0v) is 13.6. The molecule has 1 aliphatic carbocycles. The number of likely N-dealkylation sites (tertiary alicyclic amines) is 1. The number of benzene rings is 1. The van der Waals surface area contributed by atoms with E-state index in [1.165, 1.54) is 6.42 Å². The number of carbonyl (C=O) groups excluding carboxylic acids is 1. The van der Waals surface area contributed by atoms with Gasteiger partial charge in [-0.25, -0.2) is 0 Å². The van der Waals surface area contributed by atoms with Gasteiger partial charge in [-0.1, -0.05) is 0 Å². The SMILES string of the molecule is COc1ccc(NC(=O)CN2CC3CCC(N)C3C2)cc1.Cl. The third-order valence-corrected chi connectivity index (χ3v) is 4.73. The van der Waals surface area contributed by atoms with Crippen LogP contribution in [-0.2, 0) is 4.79 Å². The Balaban J connectivity index is 0.00000176. The average Bonchev–Trinajstić information content (AvgIpc) is 3.02. The first-order valence-corrected chi connectivity index (χ1v) is 7.57. The highest BCUT2D eigenvalue weighted by Crippen LogP contribution is 2.36. The number of fused-ring (bicyclic) bond motifs is 1. The lowest BCUT2D eigenvalue weighted by Crippen LogP contribution is -2.34. The van der Waals surface area contributed by atoms with Crippen LogP contribution in [-0.4, -0.2) is 43.6 Å². The van der Waals surface area contributed by atoms with Crippen molar-refractivity contribution in [1.29, 1.82) is 0 Å². The van der Waals surface area contributed by atoms with E-state index in [0.29, 0.717) is 24.4 Å². The number of ether oxygens (including phenoxy) is 1. The predicted octanol–water partition coefficient (Wildman–Crippen LogP) is 1.72. The molecule has 3 unspecified atom stereocenters. The highest BCUT2D eigenvalue weighted by molar-refractivity contribution is 5.92. The maximum absolute atomic E-state index is 12.1. The molecule has 6 heteroatoms. The van der Waals surface area contributed by atoms with E-state index < -0.39 is 0 Å². The van der Waals surface area contributed by atoms with Gasteiger partial charge in [-0.15, -0.1) is 12.4 Å². The summed E-state index contributed by atoms with van der Waals surface area (Å²) in [4.78, 5) is 14.3. The second-order valence-corrected chi connectivity index (χ2v) is 6.14. The van der Waals surface area contributed by atoms with E-state index in [2.05, 4.69) is 10.2 Å². The summed E-state index contributed by atoms with van der Waals surface area (Å²) < 4.78 is 5.10. The number of nitrogens with one attached hydrogen (secondary N) is 1. The molecule has 2 fully saturated rings. The number of anilines is 1. The molecule has 22 heavy (non-hydrogen) atoms. The van der Waals surface area contributed by atoms with Crippen molar-refractivity contribution in [3.05, 3.63) is 24.3 Å². The van der Waals surface area contributed by atoms with E-state index in [1.807, 2.05) is 24.3 Å². The van der Waals surface area contributed by atoms with E-state index in [0.717, 1.165) is 30.9 Å². The maximum Gasteiger partial charge on any atom is 0.238 e. The molecule has 1 aliphatic heterocycles. The number of nitrogens with two attached hydrogens (primary N) is 1. The van der Waals surface area contributed by atoms with Crippen molar-refractivity contribution in [1.82, 2.24) is 4.90 Å². The number of methoxy groups -OCH3 is 1. The van der Waals surface area contributed by atoms with Gasteiger partial charge in [0.05, 0.1) is 13.7 Å². The molecule has 0 aromatic heterocycles. The number of rotatable bonds is 4. The zero-order valence-electron chi connectivity index (χ0n) is 12.8. The minimum Gasteiger partial charge on any atom is -0.497 e. The Kier molecular flexibility index (Phi) is 5.67. The minimum absolute atomic E-state index is 0. The standard InChI is InChI=1S/C16H23N3O2.ClH/c1-21-13-5-3-12(4-6-13)18-16(20)10-19-8-11-2-7-15(17)14(11)9-19;/h3-6,11,14-15H,2,7-10,17H2,1H3,(H,18,20);1H. The quantitative estimate of drug-likeness (QED) is 0.884. The van der Waals surface area contributed by atoms with E-state index in [1.54, 1.807) is 7.11 Å². The summed E-state index contributed by atoms with van der Waals surface area (Å²) in [6.45, 7) is 2.42. The Labute approximate surface area is 137 Å². The Morgan fingerprint density at radius 1 is 1.32 bits per heavy atom. The van der Waals surface area contributed by atoms with Gasteiger partial charge >= 0.3 is 0 Å². The molecule has 0 bridgehead atoms. The highest BCUT2D eigenvalue weighted by atomic mass is 35.5. The second-order valence-electron chi connectivity index (χ2n) is 6.14. The topological polar surface area (TPSA) is 67.6 Å². The van der Waals surface area contributed by atoms with Crippen molar-refractivity contribution < 1.29 is 9.53 Å². The van der Waals surface area contributed by atoms with Crippen molar-refractivity contribution in [3.8, 4) is 5.75 Å². The molecule has 1 aromatic rings. The summed E-state index contributed by atoms with van der Waals surface area (Å²) in [5, 5.41) is 2.93. The van der Waals surface area contributed by atoms with Crippen LogP contribution in [0, 0.1) is 11.8 Å². The number of carbonyl (C=O) groups is 1. The van der Waals surface area contributed by atoms with Crippen LogP contribution in [0.2, 0.25) is 0 Å². The van der Waals surface area contributed by atoms with Crippen LogP contribution < -0.4 is 15.8 Å². The molecule has 2 aliphatic rings. The van der Waals surface area contributed by atoms with Crippen molar-refractivity contribution in [2.75, 3.05) is 32.1 Å². The number of hydrogen-bond donors (Lipinski definition) is 2. The summed E-state index contributed by atoms with van der Waals surface area (Å²) in [7, 11) is 1.63. The summed E-state index contributed by atoms with van der Waals surface area (Å²) >= 11 is 0. The van der Waals surface area contributed by atoms with Gasteiger partial charge in [0.15, 0.2) is 0 Å². The second kappa shape index (κ2) is 7.31. The molecule has 1 saturated heterocycles. The number of hydrogen-bond acceptors (Lipinski definition) is 4. The van der Waals surface area contributed by atoms with Gasteiger partial charge in [0.25, 0.3) is 0 Å². The van der Waals surface area contributed by atoms with Gasteiger partial charge in [0.2, 0.25) is 5.91 Å². The molecular formula is C16H24ClN3O2.